The Morgan fingerprint density at radius 2 is 2.54 bits per heavy atom. The number of ether oxygens (including phenoxy) is 1. The zero-order chi connectivity index (χ0) is 9.68. The maximum absolute atomic E-state index is 10.9. The van der Waals surface area contributed by atoms with E-state index < -0.39 is 12.1 Å². The minimum atomic E-state index is -0.923. The van der Waals surface area contributed by atoms with Gasteiger partial charge in [0.05, 0.1) is 7.11 Å². The van der Waals surface area contributed by atoms with Crippen molar-refractivity contribution in [1.29, 1.82) is 0 Å². The van der Waals surface area contributed by atoms with Crippen LogP contribution in [-0.2, 0) is 9.53 Å². The average Bonchev–Trinajstić information content (AvgIpc) is 2.18. The summed E-state index contributed by atoms with van der Waals surface area (Å²) in [5.74, 6) is 2.25. The Morgan fingerprint density at radius 3 is 3.08 bits per heavy atom. The third kappa shape index (κ3) is 3.56. The second-order valence-electron chi connectivity index (χ2n) is 3.36. The monoisotopic (exact) mass is 204 g/mol. The molecule has 0 aromatic carbocycles. The van der Waals surface area contributed by atoms with E-state index in [4.69, 9.17) is 0 Å². The van der Waals surface area contributed by atoms with Gasteiger partial charge in [-0.3, -0.25) is 0 Å². The fourth-order valence-electron chi connectivity index (χ4n) is 1.54. The molecule has 1 saturated heterocycles. The minimum absolute atomic E-state index is 0.479. The predicted molar refractivity (Wildman–Crippen MR) is 52.7 cm³/mol. The average molecular weight is 204 g/mol. The van der Waals surface area contributed by atoms with Gasteiger partial charge >= 0.3 is 5.97 Å². The molecule has 4 heteroatoms. The molecule has 13 heavy (non-hydrogen) atoms. The molecule has 0 aromatic rings. The van der Waals surface area contributed by atoms with Crippen LogP contribution in [0.3, 0.4) is 0 Å². The summed E-state index contributed by atoms with van der Waals surface area (Å²) in [5.41, 5.74) is 0. The lowest BCUT2D eigenvalue weighted by molar-refractivity contribution is -0.151. The molecule has 0 spiro atoms. The lowest BCUT2D eigenvalue weighted by Gasteiger charge is -2.22. The van der Waals surface area contributed by atoms with Crippen LogP contribution in [0.2, 0.25) is 0 Å². The molecule has 0 saturated carbocycles. The van der Waals surface area contributed by atoms with Crippen molar-refractivity contribution in [3.8, 4) is 0 Å². The van der Waals surface area contributed by atoms with Crippen molar-refractivity contribution < 1.29 is 14.6 Å². The largest absolute Gasteiger partial charge is 0.467 e. The number of thioether (sulfide) groups is 1. The molecule has 3 nitrogen and oxygen atoms in total. The molecule has 76 valence electrons. The molecule has 2 atom stereocenters. The number of hydrogen-bond donors (Lipinski definition) is 1. The summed E-state index contributed by atoms with van der Waals surface area (Å²) in [6.07, 6.45) is 1.96. The summed E-state index contributed by atoms with van der Waals surface area (Å²) in [7, 11) is 1.31. The molecular weight excluding hydrogens is 188 g/mol. The number of hydrogen-bond acceptors (Lipinski definition) is 4. The van der Waals surface area contributed by atoms with Crippen molar-refractivity contribution in [3.05, 3.63) is 0 Å². The fraction of sp³-hybridized carbons (Fsp3) is 0.889. The summed E-state index contributed by atoms with van der Waals surface area (Å²) in [5, 5.41) is 9.39. The summed E-state index contributed by atoms with van der Waals surface area (Å²) >= 11 is 1.90. The Balaban J connectivity index is 2.25. The summed E-state index contributed by atoms with van der Waals surface area (Å²) < 4.78 is 4.46. The van der Waals surface area contributed by atoms with Crippen LogP contribution in [-0.4, -0.2) is 35.8 Å². The number of rotatable bonds is 3. The van der Waals surface area contributed by atoms with Gasteiger partial charge < -0.3 is 9.84 Å². The number of methoxy groups -OCH3 is 1. The normalized spacial score (nSPS) is 25.2. The van der Waals surface area contributed by atoms with E-state index in [0.29, 0.717) is 12.3 Å². The molecule has 2 unspecified atom stereocenters. The van der Waals surface area contributed by atoms with Crippen LogP contribution in [0, 0.1) is 5.92 Å². The first kappa shape index (κ1) is 10.9. The van der Waals surface area contributed by atoms with Crippen molar-refractivity contribution in [2.75, 3.05) is 18.6 Å². The number of carbonyl (C=O) groups excluding carboxylic acids is 1. The fourth-order valence-corrected chi connectivity index (χ4v) is 2.71. The second-order valence-corrected chi connectivity index (χ2v) is 4.51. The maximum Gasteiger partial charge on any atom is 0.334 e. The maximum atomic E-state index is 10.9. The smallest absolute Gasteiger partial charge is 0.334 e. The van der Waals surface area contributed by atoms with Gasteiger partial charge in [0.1, 0.15) is 0 Å². The summed E-state index contributed by atoms with van der Waals surface area (Å²) in [4.78, 5) is 10.9. The SMILES string of the molecule is COC(=O)C(O)CC1CCCSC1. The highest BCUT2D eigenvalue weighted by molar-refractivity contribution is 7.99. The Labute approximate surface area is 82.8 Å². The zero-order valence-electron chi connectivity index (χ0n) is 7.86. The third-order valence-corrected chi connectivity index (χ3v) is 3.57. The second kappa shape index (κ2) is 5.50. The van der Waals surface area contributed by atoms with E-state index in [1.807, 2.05) is 11.8 Å². The number of aliphatic hydroxyl groups excluding tert-OH is 1. The molecule has 1 fully saturated rings. The van der Waals surface area contributed by atoms with E-state index in [9.17, 15) is 9.90 Å². The zero-order valence-corrected chi connectivity index (χ0v) is 8.68. The van der Waals surface area contributed by atoms with Gasteiger partial charge in [-0.15, -0.1) is 0 Å². The van der Waals surface area contributed by atoms with Crippen molar-refractivity contribution in [2.24, 2.45) is 5.92 Å². The van der Waals surface area contributed by atoms with Crippen molar-refractivity contribution in [2.45, 2.75) is 25.4 Å². The van der Waals surface area contributed by atoms with E-state index >= 15 is 0 Å². The predicted octanol–water partition coefficient (Wildman–Crippen LogP) is 1.05. The molecule has 0 radical (unpaired) electrons. The van der Waals surface area contributed by atoms with Gasteiger partial charge in [0, 0.05) is 0 Å². The minimum Gasteiger partial charge on any atom is -0.467 e. The van der Waals surface area contributed by atoms with Crippen molar-refractivity contribution in [1.82, 2.24) is 0 Å². The quantitative estimate of drug-likeness (QED) is 0.698. The van der Waals surface area contributed by atoms with E-state index in [1.165, 1.54) is 19.3 Å². The summed E-state index contributed by atoms with van der Waals surface area (Å²) in [6.45, 7) is 0. The van der Waals surface area contributed by atoms with Crippen LogP contribution < -0.4 is 0 Å². The van der Waals surface area contributed by atoms with Crippen LogP contribution in [0.15, 0.2) is 0 Å². The number of carbonyl (C=O) groups is 1. The molecule has 1 aliphatic rings. The number of aliphatic hydroxyl groups is 1. The van der Waals surface area contributed by atoms with Gasteiger partial charge in [-0.1, -0.05) is 0 Å². The van der Waals surface area contributed by atoms with Gasteiger partial charge in [-0.2, -0.15) is 11.8 Å². The lowest BCUT2D eigenvalue weighted by Crippen LogP contribution is -2.26. The van der Waals surface area contributed by atoms with Crippen LogP contribution in [0.1, 0.15) is 19.3 Å². The van der Waals surface area contributed by atoms with Gasteiger partial charge in [0.2, 0.25) is 0 Å². The first-order valence-electron chi connectivity index (χ1n) is 4.57. The van der Waals surface area contributed by atoms with E-state index in [-0.39, 0.29) is 0 Å². The van der Waals surface area contributed by atoms with Crippen LogP contribution in [0.5, 0.6) is 0 Å². The molecule has 0 aromatic heterocycles. The molecule has 0 amide bonds. The standard InChI is InChI=1S/C9H16O3S/c1-12-9(11)8(10)5-7-3-2-4-13-6-7/h7-8,10H,2-6H2,1H3. The van der Waals surface area contributed by atoms with Gasteiger partial charge in [0.25, 0.3) is 0 Å². The third-order valence-electron chi connectivity index (χ3n) is 2.28. The molecule has 0 aliphatic carbocycles. The van der Waals surface area contributed by atoms with E-state index in [0.717, 1.165) is 12.2 Å². The van der Waals surface area contributed by atoms with Gasteiger partial charge in [0.15, 0.2) is 6.10 Å². The Morgan fingerprint density at radius 1 is 1.77 bits per heavy atom. The van der Waals surface area contributed by atoms with E-state index in [1.54, 1.807) is 0 Å². The first-order chi connectivity index (χ1) is 6.24. The van der Waals surface area contributed by atoms with Crippen LogP contribution >= 0.6 is 11.8 Å². The van der Waals surface area contributed by atoms with E-state index in [2.05, 4.69) is 4.74 Å². The molecule has 1 aliphatic heterocycles. The first-order valence-corrected chi connectivity index (χ1v) is 5.73. The van der Waals surface area contributed by atoms with Gasteiger partial charge in [-0.25, -0.2) is 4.79 Å². The van der Waals surface area contributed by atoms with Crippen LogP contribution in [0.25, 0.3) is 0 Å². The lowest BCUT2D eigenvalue weighted by atomic mass is 9.98. The molecule has 1 N–H and O–H groups in total. The molecule has 1 rings (SSSR count). The van der Waals surface area contributed by atoms with Crippen molar-refractivity contribution >= 4 is 17.7 Å². The molecular formula is C9H16O3S. The molecule has 0 bridgehead atoms. The Bertz CT molecular complexity index is 166. The Kier molecular flexibility index (Phi) is 4.59. The highest BCUT2D eigenvalue weighted by Crippen LogP contribution is 2.26. The van der Waals surface area contributed by atoms with Crippen molar-refractivity contribution in [3.63, 3.8) is 0 Å². The topological polar surface area (TPSA) is 46.5 Å². The summed E-state index contributed by atoms with van der Waals surface area (Å²) in [6, 6.07) is 0. The highest BCUT2D eigenvalue weighted by Gasteiger charge is 2.22. The molecule has 1 heterocycles. The van der Waals surface area contributed by atoms with Gasteiger partial charge in [-0.05, 0) is 36.7 Å². The number of esters is 1. The highest BCUT2D eigenvalue weighted by atomic mass is 32.2. The van der Waals surface area contributed by atoms with Crippen LogP contribution in [0.4, 0.5) is 0 Å². The Hall–Kier alpha value is -0.220.